The molecule has 0 saturated carbocycles. The number of amides is 1. The van der Waals surface area contributed by atoms with Crippen LogP contribution in [0.1, 0.15) is 31.7 Å². The number of hydrogen-bond acceptors (Lipinski definition) is 3. The number of fused-ring (bicyclic) bond motifs is 1. The summed E-state index contributed by atoms with van der Waals surface area (Å²) in [5, 5.41) is 2.93. The quantitative estimate of drug-likeness (QED) is 0.908. The molecule has 0 fully saturated rings. The van der Waals surface area contributed by atoms with Crippen LogP contribution in [-0.4, -0.2) is 18.6 Å². The van der Waals surface area contributed by atoms with Crippen LogP contribution in [0.25, 0.3) is 0 Å². The first-order valence-corrected chi connectivity index (χ1v) is 7.90. The van der Waals surface area contributed by atoms with Crippen LogP contribution < -0.4 is 14.8 Å². The molecule has 1 atom stereocenters. The molecule has 1 aliphatic rings. The molecule has 2 aromatic rings. The lowest BCUT2D eigenvalue weighted by Gasteiger charge is -2.12. The van der Waals surface area contributed by atoms with Gasteiger partial charge in [-0.15, -0.1) is 0 Å². The molecular formula is C19H21NO3. The van der Waals surface area contributed by atoms with E-state index >= 15 is 0 Å². The molecule has 1 heterocycles. The number of ether oxygens (including phenoxy) is 2. The summed E-state index contributed by atoms with van der Waals surface area (Å²) in [6.45, 7) is 4.53. The Kier molecular flexibility index (Phi) is 4.51. The maximum absolute atomic E-state index is 12.2. The van der Waals surface area contributed by atoms with Gasteiger partial charge in [0.15, 0.2) is 0 Å². The average Bonchev–Trinajstić information content (AvgIpc) is 2.92. The van der Waals surface area contributed by atoms with Gasteiger partial charge in [0.2, 0.25) is 5.91 Å². The summed E-state index contributed by atoms with van der Waals surface area (Å²) in [6, 6.07) is 15.3. The van der Waals surface area contributed by atoms with Crippen LogP contribution in [-0.2, 0) is 4.79 Å². The molecule has 4 nitrogen and oxygen atoms in total. The minimum absolute atomic E-state index is 0.00664. The van der Waals surface area contributed by atoms with E-state index in [-0.39, 0.29) is 17.9 Å². The lowest BCUT2D eigenvalue weighted by Crippen LogP contribution is -2.16. The van der Waals surface area contributed by atoms with Crippen molar-refractivity contribution in [2.45, 2.75) is 32.3 Å². The summed E-state index contributed by atoms with van der Waals surface area (Å²) in [5.74, 6) is 1.80. The first kappa shape index (κ1) is 15.4. The van der Waals surface area contributed by atoms with Crippen LogP contribution in [0.5, 0.6) is 11.5 Å². The Balaban J connectivity index is 1.58. The zero-order chi connectivity index (χ0) is 16.2. The smallest absolute Gasteiger partial charge is 0.225 e. The van der Waals surface area contributed by atoms with Gasteiger partial charge in [-0.1, -0.05) is 18.2 Å². The summed E-state index contributed by atoms with van der Waals surface area (Å²) >= 11 is 0. The number of para-hydroxylation sites is 1. The summed E-state index contributed by atoms with van der Waals surface area (Å²) in [5.41, 5.74) is 1.89. The Morgan fingerprint density at radius 3 is 2.70 bits per heavy atom. The van der Waals surface area contributed by atoms with Crippen LogP contribution in [0.3, 0.4) is 0 Å². The van der Waals surface area contributed by atoms with E-state index in [0.29, 0.717) is 13.0 Å². The molecule has 1 unspecified atom stereocenters. The van der Waals surface area contributed by atoms with Gasteiger partial charge in [0.1, 0.15) is 11.5 Å². The standard InChI is InChI=1S/C19H21NO3/c1-13(2)23-16-9-7-15(8-10-16)20-19(21)11-14-12-22-18-6-4-3-5-17(14)18/h3-10,13-14H,11-12H2,1-2H3,(H,20,21). The van der Waals surface area contributed by atoms with E-state index in [9.17, 15) is 4.79 Å². The van der Waals surface area contributed by atoms with E-state index in [0.717, 1.165) is 22.7 Å². The molecular weight excluding hydrogens is 290 g/mol. The minimum atomic E-state index is -0.00664. The second kappa shape index (κ2) is 6.73. The fourth-order valence-electron chi connectivity index (χ4n) is 2.72. The second-order valence-electron chi connectivity index (χ2n) is 5.99. The predicted octanol–water partition coefficient (Wildman–Crippen LogP) is 3.98. The lowest BCUT2D eigenvalue weighted by molar-refractivity contribution is -0.116. The molecule has 2 aromatic carbocycles. The molecule has 23 heavy (non-hydrogen) atoms. The SMILES string of the molecule is CC(C)Oc1ccc(NC(=O)CC2COc3ccccc32)cc1. The number of rotatable bonds is 5. The normalized spacial score (nSPS) is 15.9. The van der Waals surface area contributed by atoms with Gasteiger partial charge < -0.3 is 14.8 Å². The maximum atomic E-state index is 12.2. The Hall–Kier alpha value is -2.49. The molecule has 0 radical (unpaired) electrons. The van der Waals surface area contributed by atoms with Crippen LogP contribution in [0.15, 0.2) is 48.5 Å². The summed E-state index contributed by atoms with van der Waals surface area (Å²) in [6.07, 6.45) is 0.555. The van der Waals surface area contributed by atoms with Crippen LogP contribution in [0, 0.1) is 0 Å². The summed E-state index contributed by atoms with van der Waals surface area (Å²) in [4.78, 5) is 12.2. The van der Waals surface area contributed by atoms with Gasteiger partial charge in [-0.25, -0.2) is 0 Å². The lowest BCUT2D eigenvalue weighted by atomic mass is 9.97. The number of benzene rings is 2. The van der Waals surface area contributed by atoms with Crippen molar-refractivity contribution in [3.8, 4) is 11.5 Å². The van der Waals surface area contributed by atoms with E-state index in [4.69, 9.17) is 9.47 Å². The van der Waals surface area contributed by atoms with Crippen LogP contribution in [0.2, 0.25) is 0 Å². The molecule has 3 rings (SSSR count). The number of carbonyl (C=O) groups excluding carboxylic acids is 1. The highest BCUT2D eigenvalue weighted by Crippen LogP contribution is 2.35. The third kappa shape index (κ3) is 3.83. The molecule has 1 aliphatic heterocycles. The molecule has 0 aliphatic carbocycles. The third-order valence-electron chi connectivity index (χ3n) is 3.74. The number of carbonyl (C=O) groups is 1. The third-order valence-corrected chi connectivity index (χ3v) is 3.74. The van der Waals surface area contributed by atoms with Crippen molar-refractivity contribution in [1.29, 1.82) is 0 Å². The molecule has 0 spiro atoms. The fraction of sp³-hybridized carbons (Fsp3) is 0.316. The number of anilines is 1. The zero-order valence-corrected chi connectivity index (χ0v) is 13.4. The van der Waals surface area contributed by atoms with Crippen LogP contribution in [0.4, 0.5) is 5.69 Å². The van der Waals surface area contributed by atoms with Gasteiger partial charge in [-0.3, -0.25) is 4.79 Å². The average molecular weight is 311 g/mol. The van der Waals surface area contributed by atoms with Gasteiger partial charge in [0.05, 0.1) is 12.7 Å². The van der Waals surface area contributed by atoms with Crippen LogP contribution >= 0.6 is 0 Å². The van der Waals surface area contributed by atoms with E-state index in [2.05, 4.69) is 5.32 Å². The predicted molar refractivity (Wildman–Crippen MR) is 90.1 cm³/mol. The number of hydrogen-bond donors (Lipinski definition) is 1. The van der Waals surface area contributed by atoms with Crippen molar-refractivity contribution in [2.75, 3.05) is 11.9 Å². The minimum Gasteiger partial charge on any atom is -0.493 e. The fourth-order valence-corrected chi connectivity index (χ4v) is 2.72. The van der Waals surface area contributed by atoms with E-state index < -0.39 is 0 Å². The Labute approximate surface area is 136 Å². The van der Waals surface area contributed by atoms with E-state index in [1.54, 1.807) is 0 Å². The monoisotopic (exact) mass is 311 g/mol. The highest BCUT2D eigenvalue weighted by atomic mass is 16.5. The maximum Gasteiger partial charge on any atom is 0.225 e. The summed E-state index contributed by atoms with van der Waals surface area (Å²) < 4.78 is 11.2. The van der Waals surface area contributed by atoms with Crippen molar-refractivity contribution in [3.63, 3.8) is 0 Å². The van der Waals surface area contributed by atoms with Gasteiger partial charge in [0.25, 0.3) is 0 Å². The molecule has 0 bridgehead atoms. The largest absolute Gasteiger partial charge is 0.493 e. The Morgan fingerprint density at radius 2 is 1.96 bits per heavy atom. The van der Waals surface area contributed by atoms with Crippen molar-refractivity contribution in [2.24, 2.45) is 0 Å². The van der Waals surface area contributed by atoms with E-state index in [1.165, 1.54) is 0 Å². The van der Waals surface area contributed by atoms with Gasteiger partial charge in [0, 0.05) is 23.6 Å². The molecule has 120 valence electrons. The highest BCUT2D eigenvalue weighted by Gasteiger charge is 2.25. The zero-order valence-electron chi connectivity index (χ0n) is 13.4. The topological polar surface area (TPSA) is 47.6 Å². The van der Waals surface area contributed by atoms with Crippen molar-refractivity contribution < 1.29 is 14.3 Å². The Bertz CT molecular complexity index is 679. The van der Waals surface area contributed by atoms with Gasteiger partial charge in [-0.05, 0) is 44.2 Å². The molecule has 1 amide bonds. The van der Waals surface area contributed by atoms with Crippen molar-refractivity contribution >= 4 is 11.6 Å². The van der Waals surface area contributed by atoms with Gasteiger partial charge >= 0.3 is 0 Å². The molecule has 0 aromatic heterocycles. The second-order valence-corrected chi connectivity index (χ2v) is 5.99. The molecule has 4 heteroatoms. The summed E-state index contributed by atoms with van der Waals surface area (Å²) in [7, 11) is 0. The van der Waals surface area contributed by atoms with Gasteiger partial charge in [-0.2, -0.15) is 0 Å². The van der Waals surface area contributed by atoms with Crippen molar-refractivity contribution in [1.82, 2.24) is 0 Å². The highest BCUT2D eigenvalue weighted by molar-refractivity contribution is 5.91. The first-order chi connectivity index (χ1) is 11.1. The number of nitrogens with one attached hydrogen (secondary N) is 1. The van der Waals surface area contributed by atoms with Crippen molar-refractivity contribution in [3.05, 3.63) is 54.1 Å². The van der Waals surface area contributed by atoms with E-state index in [1.807, 2.05) is 62.4 Å². The first-order valence-electron chi connectivity index (χ1n) is 7.90. The Morgan fingerprint density at radius 1 is 1.22 bits per heavy atom. The molecule has 0 saturated heterocycles. The molecule has 1 N–H and O–H groups in total.